The van der Waals surface area contributed by atoms with Crippen molar-refractivity contribution in [2.24, 2.45) is 5.84 Å². The van der Waals surface area contributed by atoms with E-state index in [0.717, 1.165) is 5.69 Å². The van der Waals surface area contributed by atoms with E-state index >= 15 is 0 Å². The summed E-state index contributed by atoms with van der Waals surface area (Å²) in [6.45, 7) is 4.12. The van der Waals surface area contributed by atoms with Gasteiger partial charge < -0.3 is 10.7 Å². The van der Waals surface area contributed by atoms with Crippen LogP contribution in [-0.4, -0.2) is 9.97 Å². The summed E-state index contributed by atoms with van der Waals surface area (Å²) in [7, 11) is 0. The first-order chi connectivity index (χ1) is 8.19. The van der Waals surface area contributed by atoms with E-state index in [0.29, 0.717) is 11.6 Å². The van der Waals surface area contributed by atoms with Gasteiger partial charge in [0.05, 0.1) is 0 Å². The van der Waals surface area contributed by atoms with Crippen molar-refractivity contribution in [1.29, 1.82) is 0 Å². The molecule has 17 heavy (non-hydrogen) atoms. The molecule has 0 spiro atoms. The Hall–Kier alpha value is -2.14. The number of benzene rings is 1. The van der Waals surface area contributed by atoms with Crippen LogP contribution in [0.15, 0.2) is 30.6 Å². The molecule has 0 aliphatic carbocycles. The molecule has 0 aliphatic heterocycles. The molecular formula is C12H15N5. The smallest absolute Gasteiger partial charge is 0.145 e. The number of nitrogen functional groups attached to an aromatic ring is 1. The van der Waals surface area contributed by atoms with Crippen molar-refractivity contribution >= 4 is 17.3 Å². The third-order valence-electron chi connectivity index (χ3n) is 2.46. The van der Waals surface area contributed by atoms with E-state index in [-0.39, 0.29) is 0 Å². The Labute approximate surface area is 100 Å². The minimum atomic E-state index is 0.576. The molecule has 1 aromatic carbocycles. The average Bonchev–Trinajstić information content (AvgIpc) is 2.33. The number of nitrogens with two attached hydrogens (primary N) is 1. The second-order valence-electron chi connectivity index (χ2n) is 3.88. The number of hydrogen-bond acceptors (Lipinski definition) is 5. The van der Waals surface area contributed by atoms with Crippen molar-refractivity contribution in [3.8, 4) is 0 Å². The van der Waals surface area contributed by atoms with Crippen LogP contribution in [0, 0.1) is 13.8 Å². The fourth-order valence-electron chi connectivity index (χ4n) is 1.60. The zero-order valence-corrected chi connectivity index (χ0v) is 9.86. The molecule has 0 amide bonds. The Morgan fingerprint density at radius 2 is 1.82 bits per heavy atom. The van der Waals surface area contributed by atoms with Crippen molar-refractivity contribution < 1.29 is 0 Å². The highest BCUT2D eigenvalue weighted by Crippen LogP contribution is 2.20. The Morgan fingerprint density at radius 3 is 2.53 bits per heavy atom. The number of anilines is 3. The van der Waals surface area contributed by atoms with E-state index in [4.69, 9.17) is 5.84 Å². The number of aryl methyl sites for hydroxylation is 2. The van der Waals surface area contributed by atoms with Crippen molar-refractivity contribution in [3.63, 3.8) is 0 Å². The van der Waals surface area contributed by atoms with E-state index in [2.05, 4.69) is 46.7 Å². The van der Waals surface area contributed by atoms with Gasteiger partial charge in [0, 0.05) is 11.8 Å². The van der Waals surface area contributed by atoms with Gasteiger partial charge in [0.2, 0.25) is 0 Å². The molecule has 88 valence electrons. The summed E-state index contributed by atoms with van der Waals surface area (Å²) in [5.74, 6) is 6.58. The van der Waals surface area contributed by atoms with Gasteiger partial charge in [-0.2, -0.15) is 0 Å². The van der Waals surface area contributed by atoms with Gasteiger partial charge in [-0.25, -0.2) is 15.8 Å². The summed E-state index contributed by atoms with van der Waals surface area (Å²) in [5, 5.41) is 3.23. The SMILES string of the molecule is Cc1ccc(Nc2cc(NN)ncn2)c(C)c1. The maximum absolute atomic E-state index is 5.29. The normalized spacial score (nSPS) is 10.1. The number of rotatable bonds is 3. The molecule has 0 radical (unpaired) electrons. The number of aromatic nitrogens is 2. The van der Waals surface area contributed by atoms with Gasteiger partial charge in [-0.1, -0.05) is 17.7 Å². The van der Waals surface area contributed by atoms with Crippen molar-refractivity contribution in [2.45, 2.75) is 13.8 Å². The van der Waals surface area contributed by atoms with Gasteiger partial charge in [0.25, 0.3) is 0 Å². The van der Waals surface area contributed by atoms with Gasteiger partial charge >= 0.3 is 0 Å². The Morgan fingerprint density at radius 1 is 1.06 bits per heavy atom. The number of nitrogens with one attached hydrogen (secondary N) is 2. The summed E-state index contributed by atoms with van der Waals surface area (Å²) in [6.07, 6.45) is 1.46. The van der Waals surface area contributed by atoms with E-state index in [1.807, 2.05) is 6.07 Å². The number of hydrazine groups is 1. The maximum Gasteiger partial charge on any atom is 0.145 e. The first-order valence-corrected chi connectivity index (χ1v) is 5.32. The molecule has 5 nitrogen and oxygen atoms in total. The summed E-state index contributed by atoms with van der Waals surface area (Å²) < 4.78 is 0. The van der Waals surface area contributed by atoms with Gasteiger partial charge in [-0.05, 0) is 25.5 Å². The van der Waals surface area contributed by atoms with Gasteiger partial charge in [0.15, 0.2) is 0 Å². The lowest BCUT2D eigenvalue weighted by Gasteiger charge is -2.10. The average molecular weight is 229 g/mol. The lowest BCUT2D eigenvalue weighted by molar-refractivity contribution is 1.14. The predicted molar refractivity (Wildman–Crippen MR) is 69.0 cm³/mol. The molecule has 0 saturated heterocycles. The quantitative estimate of drug-likeness (QED) is 0.555. The largest absolute Gasteiger partial charge is 0.340 e. The maximum atomic E-state index is 5.29. The first-order valence-electron chi connectivity index (χ1n) is 5.32. The lowest BCUT2D eigenvalue weighted by Crippen LogP contribution is -2.09. The lowest BCUT2D eigenvalue weighted by atomic mass is 10.1. The molecule has 4 N–H and O–H groups in total. The topological polar surface area (TPSA) is 75.9 Å². The number of nitrogens with zero attached hydrogens (tertiary/aromatic N) is 2. The summed E-state index contributed by atoms with van der Waals surface area (Å²) in [6, 6.07) is 7.95. The van der Waals surface area contributed by atoms with Gasteiger partial charge in [-0.3, -0.25) is 0 Å². The van der Waals surface area contributed by atoms with Crippen LogP contribution in [0.4, 0.5) is 17.3 Å². The predicted octanol–water partition coefficient (Wildman–Crippen LogP) is 2.12. The molecule has 1 aromatic heterocycles. The number of hydrogen-bond donors (Lipinski definition) is 3. The molecule has 2 aromatic rings. The summed E-state index contributed by atoms with van der Waals surface area (Å²) >= 11 is 0. The van der Waals surface area contributed by atoms with E-state index in [1.165, 1.54) is 17.5 Å². The summed E-state index contributed by atoms with van der Waals surface area (Å²) in [5.41, 5.74) is 5.92. The van der Waals surface area contributed by atoms with Crippen LogP contribution >= 0.6 is 0 Å². The zero-order valence-electron chi connectivity index (χ0n) is 9.86. The minimum Gasteiger partial charge on any atom is -0.340 e. The molecule has 0 bridgehead atoms. The van der Waals surface area contributed by atoms with Gasteiger partial charge in [0.1, 0.15) is 18.0 Å². The van der Waals surface area contributed by atoms with Gasteiger partial charge in [-0.15, -0.1) is 0 Å². The van der Waals surface area contributed by atoms with Crippen LogP contribution < -0.4 is 16.6 Å². The van der Waals surface area contributed by atoms with Crippen LogP contribution in [0.2, 0.25) is 0 Å². The van der Waals surface area contributed by atoms with Crippen LogP contribution in [0.25, 0.3) is 0 Å². The minimum absolute atomic E-state index is 0.576. The zero-order chi connectivity index (χ0) is 12.3. The van der Waals surface area contributed by atoms with Crippen LogP contribution in [0.5, 0.6) is 0 Å². The summed E-state index contributed by atoms with van der Waals surface area (Å²) in [4.78, 5) is 8.08. The van der Waals surface area contributed by atoms with Crippen molar-refractivity contribution in [3.05, 3.63) is 41.7 Å². The molecule has 0 fully saturated rings. The van der Waals surface area contributed by atoms with E-state index in [1.54, 1.807) is 6.07 Å². The molecule has 0 aliphatic rings. The Kier molecular flexibility index (Phi) is 3.20. The molecule has 5 heteroatoms. The Bertz CT molecular complexity index is 524. The highest BCUT2D eigenvalue weighted by molar-refractivity contribution is 5.62. The molecule has 1 heterocycles. The van der Waals surface area contributed by atoms with E-state index in [9.17, 15) is 0 Å². The monoisotopic (exact) mass is 229 g/mol. The third-order valence-corrected chi connectivity index (χ3v) is 2.46. The van der Waals surface area contributed by atoms with Crippen LogP contribution in [-0.2, 0) is 0 Å². The highest BCUT2D eigenvalue weighted by atomic mass is 15.3. The van der Waals surface area contributed by atoms with Crippen molar-refractivity contribution in [1.82, 2.24) is 9.97 Å². The first kappa shape index (κ1) is 11.3. The molecule has 0 atom stereocenters. The second-order valence-corrected chi connectivity index (χ2v) is 3.88. The van der Waals surface area contributed by atoms with Crippen LogP contribution in [0.1, 0.15) is 11.1 Å². The molecule has 0 unspecified atom stereocenters. The standard InChI is InChI=1S/C12H15N5/c1-8-3-4-10(9(2)5-8)16-11-6-12(17-13)15-7-14-11/h3-7H,13H2,1-2H3,(H2,14,15,16,17). The molecule has 2 rings (SSSR count). The van der Waals surface area contributed by atoms with Crippen molar-refractivity contribution in [2.75, 3.05) is 10.7 Å². The second kappa shape index (κ2) is 4.80. The van der Waals surface area contributed by atoms with E-state index < -0.39 is 0 Å². The van der Waals surface area contributed by atoms with Crippen LogP contribution in [0.3, 0.4) is 0 Å². The highest BCUT2D eigenvalue weighted by Gasteiger charge is 2.01. The fraction of sp³-hybridized carbons (Fsp3) is 0.167. The molecule has 0 saturated carbocycles. The fourth-order valence-corrected chi connectivity index (χ4v) is 1.60. The third kappa shape index (κ3) is 2.70. The Balaban J connectivity index is 2.25. The molecular weight excluding hydrogens is 214 g/mol.